The predicted molar refractivity (Wildman–Crippen MR) is 103 cm³/mol. The number of piperazine rings is 1. The Balaban J connectivity index is 1.47. The van der Waals surface area contributed by atoms with Gasteiger partial charge in [-0.05, 0) is 37.6 Å². The number of rotatable bonds is 3. The first kappa shape index (κ1) is 18.1. The average molecular weight is 380 g/mol. The summed E-state index contributed by atoms with van der Waals surface area (Å²) in [6.07, 6.45) is 3.54. The van der Waals surface area contributed by atoms with Crippen LogP contribution in [0, 0.1) is 19.7 Å². The van der Waals surface area contributed by atoms with Gasteiger partial charge >= 0.3 is 0 Å². The van der Waals surface area contributed by atoms with E-state index in [4.69, 9.17) is 0 Å². The first-order valence-electron chi connectivity index (χ1n) is 9.17. The summed E-state index contributed by atoms with van der Waals surface area (Å²) in [6.45, 7) is 5.93. The fraction of sp³-hybridized carbons (Fsp3) is 0.300. The Morgan fingerprint density at radius 2 is 1.79 bits per heavy atom. The largest absolute Gasteiger partial charge is 0.353 e. The monoisotopic (exact) mass is 380 g/mol. The van der Waals surface area contributed by atoms with Crippen LogP contribution in [0.25, 0.3) is 5.82 Å². The number of anilines is 1. The molecule has 7 nitrogen and oxygen atoms in total. The van der Waals surface area contributed by atoms with Crippen molar-refractivity contribution in [2.75, 3.05) is 31.1 Å². The number of carbonyl (C=O) groups excluding carboxylic acids is 1. The average Bonchev–Trinajstić information content (AvgIpc) is 3.24. The van der Waals surface area contributed by atoms with Gasteiger partial charge in [-0.3, -0.25) is 4.79 Å². The summed E-state index contributed by atoms with van der Waals surface area (Å²) in [5.74, 6) is 1.69. The first-order chi connectivity index (χ1) is 13.5. The van der Waals surface area contributed by atoms with Gasteiger partial charge in [0.15, 0.2) is 5.82 Å². The van der Waals surface area contributed by atoms with E-state index >= 15 is 0 Å². The highest BCUT2D eigenvalue weighted by Gasteiger charge is 2.24. The minimum Gasteiger partial charge on any atom is -0.353 e. The lowest BCUT2D eigenvalue weighted by molar-refractivity contribution is 0.0746. The van der Waals surface area contributed by atoms with E-state index in [9.17, 15) is 9.18 Å². The molecule has 4 rings (SSSR count). The lowest BCUT2D eigenvalue weighted by Crippen LogP contribution is -2.49. The number of nitrogens with zero attached hydrogens (tertiary/aromatic N) is 6. The van der Waals surface area contributed by atoms with Gasteiger partial charge in [0, 0.05) is 50.2 Å². The van der Waals surface area contributed by atoms with Crippen LogP contribution < -0.4 is 4.90 Å². The van der Waals surface area contributed by atoms with E-state index in [1.54, 1.807) is 34.8 Å². The van der Waals surface area contributed by atoms with Crippen LogP contribution in [-0.4, -0.2) is 56.7 Å². The second-order valence-electron chi connectivity index (χ2n) is 6.83. The zero-order valence-corrected chi connectivity index (χ0v) is 15.8. The highest BCUT2D eigenvalue weighted by molar-refractivity contribution is 5.94. The smallest absolute Gasteiger partial charge is 0.254 e. The molecule has 0 aliphatic carbocycles. The van der Waals surface area contributed by atoms with E-state index in [-0.39, 0.29) is 11.7 Å². The molecule has 0 radical (unpaired) electrons. The Morgan fingerprint density at radius 1 is 1.04 bits per heavy atom. The zero-order valence-electron chi connectivity index (χ0n) is 15.8. The normalized spacial score (nSPS) is 14.4. The topological polar surface area (TPSA) is 67.2 Å². The number of benzene rings is 1. The lowest BCUT2D eigenvalue weighted by atomic mass is 10.1. The molecule has 2 aromatic heterocycles. The van der Waals surface area contributed by atoms with Crippen molar-refractivity contribution in [1.82, 2.24) is 24.6 Å². The molecule has 1 aliphatic heterocycles. The lowest BCUT2D eigenvalue weighted by Gasteiger charge is -2.35. The minimum absolute atomic E-state index is 0.144. The second kappa shape index (κ2) is 7.38. The fourth-order valence-corrected chi connectivity index (χ4v) is 3.27. The Hall–Kier alpha value is -3.29. The van der Waals surface area contributed by atoms with Gasteiger partial charge in [-0.1, -0.05) is 6.07 Å². The van der Waals surface area contributed by atoms with Gasteiger partial charge < -0.3 is 9.80 Å². The van der Waals surface area contributed by atoms with E-state index in [1.165, 1.54) is 6.07 Å². The van der Waals surface area contributed by atoms with Crippen molar-refractivity contribution in [1.29, 1.82) is 0 Å². The number of aryl methyl sites for hydroxylation is 2. The van der Waals surface area contributed by atoms with Gasteiger partial charge in [-0.25, -0.2) is 19.0 Å². The summed E-state index contributed by atoms with van der Waals surface area (Å²) < 4.78 is 15.5. The molecular formula is C20H21FN6O. The molecular weight excluding hydrogens is 359 g/mol. The van der Waals surface area contributed by atoms with Crippen LogP contribution in [0.4, 0.5) is 10.2 Å². The van der Waals surface area contributed by atoms with Crippen molar-refractivity contribution in [2.24, 2.45) is 0 Å². The van der Waals surface area contributed by atoms with Crippen LogP contribution in [0.1, 0.15) is 21.7 Å². The fourth-order valence-electron chi connectivity index (χ4n) is 3.27. The third-order valence-corrected chi connectivity index (χ3v) is 4.86. The molecule has 1 saturated heterocycles. The molecule has 1 aromatic carbocycles. The van der Waals surface area contributed by atoms with E-state index in [0.29, 0.717) is 48.9 Å². The van der Waals surface area contributed by atoms with Gasteiger partial charge in [-0.2, -0.15) is 5.10 Å². The van der Waals surface area contributed by atoms with E-state index < -0.39 is 0 Å². The van der Waals surface area contributed by atoms with Crippen molar-refractivity contribution < 1.29 is 9.18 Å². The van der Waals surface area contributed by atoms with E-state index in [2.05, 4.69) is 20.0 Å². The van der Waals surface area contributed by atoms with Gasteiger partial charge in [0.05, 0.1) is 0 Å². The zero-order chi connectivity index (χ0) is 19.7. The Bertz CT molecular complexity index is 996. The maximum atomic E-state index is 13.8. The van der Waals surface area contributed by atoms with Crippen LogP contribution in [0.3, 0.4) is 0 Å². The molecule has 3 heterocycles. The maximum Gasteiger partial charge on any atom is 0.254 e. The molecule has 1 amide bonds. The molecule has 8 heteroatoms. The summed E-state index contributed by atoms with van der Waals surface area (Å²) in [5.41, 5.74) is 0.920. The molecule has 0 saturated carbocycles. The van der Waals surface area contributed by atoms with Gasteiger partial charge in [-0.15, -0.1) is 0 Å². The quantitative estimate of drug-likeness (QED) is 0.698. The Labute approximate surface area is 162 Å². The first-order valence-corrected chi connectivity index (χ1v) is 9.17. The van der Waals surface area contributed by atoms with Gasteiger partial charge in [0.25, 0.3) is 5.91 Å². The van der Waals surface area contributed by atoms with Gasteiger partial charge in [0.2, 0.25) is 0 Å². The highest BCUT2D eigenvalue weighted by atomic mass is 19.1. The molecule has 0 bridgehead atoms. The SMILES string of the molecule is Cc1nc(N2CCN(C(=O)c3ccc(C)c(F)c3)CC2)cc(-n2cccn2)n1. The maximum absolute atomic E-state index is 13.8. The molecule has 0 spiro atoms. The van der Waals surface area contributed by atoms with Crippen LogP contribution in [-0.2, 0) is 0 Å². The number of amides is 1. The third-order valence-electron chi connectivity index (χ3n) is 4.86. The number of halogens is 1. The second-order valence-corrected chi connectivity index (χ2v) is 6.83. The van der Waals surface area contributed by atoms with Crippen LogP contribution in [0.2, 0.25) is 0 Å². The number of carbonyl (C=O) groups is 1. The van der Waals surface area contributed by atoms with E-state index in [1.807, 2.05) is 25.3 Å². The summed E-state index contributed by atoms with van der Waals surface area (Å²) in [6, 6.07) is 8.37. The standard InChI is InChI=1S/C20H21FN6O/c1-14-4-5-16(12-17(14)21)20(28)26-10-8-25(9-11-26)18-13-19(24-15(2)23-18)27-7-3-6-22-27/h3-7,12-13H,8-11H2,1-2H3. The molecule has 0 atom stereocenters. The molecule has 28 heavy (non-hydrogen) atoms. The molecule has 1 aliphatic rings. The summed E-state index contributed by atoms with van der Waals surface area (Å²) in [4.78, 5) is 25.5. The van der Waals surface area contributed by atoms with Crippen LogP contribution in [0.5, 0.6) is 0 Å². The predicted octanol–water partition coefficient (Wildman–Crippen LogP) is 2.38. The minimum atomic E-state index is -0.355. The summed E-state index contributed by atoms with van der Waals surface area (Å²) in [7, 11) is 0. The Kier molecular flexibility index (Phi) is 4.77. The Morgan fingerprint density at radius 3 is 2.46 bits per heavy atom. The van der Waals surface area contributed by atoms with Crippen LogP contribution in [0.15, 0.2) is 42.7 Å². The van der Waals surface area contributed by atoms with Crippen molar-refractivity contribution in [2.45, 2.75) is 13.8 Å². The van der Waals surface area contributed by atoms with E-state index in [0.717, 1.165) is 5.82 Å². The number of hydrogen-bond donors (Lipinski definition) is 0. The van der Waals surface area contributed by atoms with Crippen molar-refractivity contribution in [3.05, 3.63) is 65.5 Å². The molecule has 0 N–H and O–H groups in total. The number of aromatic nitrogens is 4. The molecule has 3 aromatic rings. The summed E-state index contributed by atoms with van der Waals surface area (Å²) >= 11 is 0. The highest BCUT2D eigenvalue weighted by Crippen LogP contribution is 2.19. The van der Waals surface area contributed by atoms with Gasteiger partial charge in [0.1, 0.15) is 17.5 Å². The van der Waals surface area contributed by atoms with Crippen LogP contribution >= 0.6 is 0 Å². The van der Waals surface area contributed by atoms with Crippen molar-refractivity contribution in [3.8, 4) is 5.82 Å². The van der Waals surface area contributed by atoms with Crippen molar-refractivity contribution in [3.63, 3.8) is 0 Å². The third kappa shape index (κ3) is 3.58. The molecule has 0 unspecified atom stereocenters. The molecule has 1 fully saturated rings. The number of hydrogen-bond acceptors (Lipinski definition) is 5. The van der Waals surface area contributed by atoms with Crippen molar-refractivity contribution >= 4 is 11.7 Å². The summed E-state index contributed by atoms with van der Waals surface area (Å²) in [5, 5.41) is 4.22. The molecule has 144 valence electrons.